The zero-order valence-corrected chi connectivity index (χ0v) is 14.5. The number of halogens is 2. The number of nitrogens with one attached hydrogen (secondary N) is 1. The van der Waals surface area contributed by atoms with Gasteiger partial charge >= 0.3 is 0 Å². The Morgan fingerprint density at radius 1 is 0.857 bits per heavy atom. The molecule has 1 heterocycles. The minimum Gasteiger partial charge on any atom is -0.350 e. The first kappa shape index (κ1) is 17.8. The van der Waals surface area contributed by atoms with Gasteiger partial charge in [-0.1, -0.05) is 24.3 Å². The molecule has 0 aliphatic carbocycles. The molecule has 1 N–H and O–H groups in total. The van der Waals surface area contributed by atoms with E-state index in [-0.39, 0.29) is 18.7 Å². The number of amides is 3. The van der Waals surface area contributed by atoms with E-state index in [9.17, 15) is 23.2 Å². The van der Waals surface area contributed by atoms with Gasteiger partial charge in [0, 0.05) is 18.7 Å². The van der Waals surface area contributed by atoms with Crippen LogP contribution in [-0.2, 0) is 0 Å². The van der Waals surface area contributed by atoms with Gasteiger partial charge in [-0.05, 0) is 41.1 Å². The third-order valence-corrected chi connectivity index (χ3v) is 4.64. The van der Waals surface area contributed by atoms with Crippen LogP contribution in [0.1, 0.15) is 31.1 Å². The van der Waals surface area contributed by atoms with Crippen molar-refractivity contribution in [3.05, 3.63) is 82.9 Å². The molecule has 4 rings (SSSR count). The third-order valence-electron chi connectivity index (χ3n) is 4.64. The molecule has 0 aromatic heterocycles. The lowest BCUT2D eigenvalue weighted by atomic mass is 10.0. The lowest BCUT2D eigenvalue weighted by Gasteiger charge is -2.14. The summed E-state index contributed by atoms with van der Waals surface area (Å²) in [7, 11) is 0. The molecule has 28 heavy (non-hydrogen) atoms. The molecule has 140 valence electrons. The van der Waals surface area contributed by atoms with E-state index in [0.29, 0.717) is 11.1 Å². The van der Waals surface area contributed by atoms with Crippen LogP contribution in [0, 0.1) is 11.6 Å². The van der Waals surface area contributed by atoms with Crippen molar-refractivity contribution in [2.24, 2.45) is 0 Å². The van der Waals surface area contributed by atoms with E-state index in [1.165, 1.54) is 0 Å². The molecule has 0 unspecified atom stereocenters. The molecule has 0 spiro atoms. The Morgan fingerprint density at radius 3 is 2.04 bits per heavy atom. The fourth-order valence-corrected chi connectivity index (χ4v) is 3.20. The molecule has 5 nitrogen and oxygen atoms in total. The maximum atomic E-state index is 13.2. The highest BCUT2D eigenvalue weighted by atomic mass is 19.2. The first-order valence-electron chi connectivity index (χ1n) is 8.58. The molecule has 3 aromatic carbocycles. The number of hydrogen-bond acceptors (Lipinski definition) is 3. The summed E-state index contributed by atoms with van der Waals surface area (Å²) in [5.41, 5.74) is 0.610. The third kappa shape index (κ3) is 3.00. The lowest BCUT2D eigenvalue weighted by molar-refractivity contribution is 0.0650. The van der Waals surface area contributed by atoms with Crippen LogP contribution in [-0.4, -0.2) is 35.7 Å². The van der Waals surface area contributed by atoms with E-state index in [1.807, 2.05) is 24.3 Å². The van der Waals surface area contributed by atoms with Crippen molar-refractivity contribution in [3.8, 4) is 0 Å². The predicted octanol–water partition coefficient (Wildman–Crippen LogP) is 3.14. The van der Waals surface area contributed by atoms with E-state index >= 15 is 0 Å². The maximum absolute atomic E-state index is 13.2. The number of hydrogen-bond donors (Lipinski definition) is 1. The van der Waals surface area contributed by atoms with E-state index < -0.39 is 29.4 Å². The van der Waals surface area contributed by atoms with Gasteiger partial charge in [-0.25, -0.2) is 8.78 Å². The van der Waals surface area contributed by atoms with E-state index in [4.69, 9.17) is 0 Å². The summed E-state index contributed by atoms with van der Waals surface area (Å²) in [5, 5.41) is 4.21. The molecule has 3 aromatic rings. The summed E-state index contributed by atoms with van der Waals surface area (Å²) in [6.45, 7) is -0.0407. The Hall–Kier alpha value is -3.61. The van der Waals surface area contributed by atoms with Crippen LogP contribution < -0.4 is 5.32 Å². The zero-order valence-electron chi connectivity index (χ0n) is 14.5. The second-order valence-electron chi connectivity index (χ2n) is 6.39. The van der Waals surface area contributed by atoms with E-state index in [0.717, 1.165) is 33.9 Å². The predicted molar refractivity (Wildman–Crippen MR) is 98.0 cm³/mol. The van der Waals surface area contributed by atoms with Gasteiger partial charge in [0.25, 0.3) is 17.7 Å². The molecule has 0 bridgehead atoms. The SMILES string of the molecule is O=C(NCCN1C(=O)c2cc3ccccc3cc2C1=O)c1ccc(F)c(F)c1. The Kier molecular flexibility index (Phi) is 4.35. The van der Waals surface area contributed by atoms with Gasteiger partial charge in [0.15, 0.2) is 11.6 Å². The maximum Gasteiger partial charge on any atom is 0.261 e. The van der Waals surface area contributed by atoms with Crippen molar-refractivity contribution >= 4 is 28.5 Å². The molecule has 0 saturated carbocycles. The molecule has 3 amide bonds. The van der Waals surface area contributed by atoms with Crippen molar-refractivity contribution in [3.63, 3.8) is 0 Å². The highest BCUT2D eigenvalue weighted by Gasteiger charge is 2.35. The van der Waals surface area contributed by atoms with Crippen LogP contribution in [0.3, 0.4) is 0 Å². The fraction of sp³-hybridized carbons (Fsp3) is 0.0952. The Labute approximate surface area is 158 Å². The summed E-state index contributed by atoms with van der Waals surface area (Å²) < 4.78 is 26.2. The lowest BCUT2D eigenvalue weighted by Crippen LogP contribution is -2.38. The quantitative estimate of drug-likeness (QED) is 0.707. The van der Waals surface area contributed by atoms with Gasteiger partial charge in [-0.15, -0.1) is 0 Å². The molecule has 7 heteroatoms. The van der Waals surface area contributed by atoms with Crippen LogP contribution in [0.2, 0.25) is 0 Å². The number of rotatable bonds is 4. The summed E-state index contributed by atoms with van der Waals surface area (Å²) >= 11 is 0. The molecule has 0 radical (unpaired) electrons. The van der Waals surface area contributed by atoms with Crippen LogP contribution in [0.4, 0.5) is 8.78 Å². The number of benzene rings is 3. The van der Waals surface area contributed by atoms with Crippen molar-refractivity contribution in [2.45, 2.75) is 0 Å². The van der Waals surface area contributed by atoms with Crippen molar-refractivity contribution < 1.29 is 23.2 Å². The second-order valence-corrected chi connectivity index (χ2v) is 6.39. The van der Waals surface area contributed by atoms with Crippen molar-refractivity contribution in [1.82, 2.24) is 10.2 Å². The largest absolute Gasteiger partial charge is 0.350 e. The van der Waals surface area contributed by atoms with Gasteiger partial charge in [-0.3, -0.25) is 19.3 Å². The average molecular weight is 380 g/mol. The highest BCUT2D eigenvalue weighted by molar-refractivity contribution is 6.23. The Balaban J connectivity index is 1.46. The Bertz CT molecular complexity index is 1090. The van der Waals surface area contributed by atoms with Gasteiger partial charge in [0.05, 0.1) is 11.1 Å². The minimum absolute atomic E-state index is 0.0111. The van der Waals surface area contributed by atoms with Gasteiger partial charge in [0.1, 0.15) is 0 Å². The first-order valence-corrected chi connectivity index (χ1v) is 8.58. The van der Waals surface area contributed by atoms with Crippen LogP contribution >= 0.6 is 0 Å². The molecule has 0 fully saturated rings. The summed E-state index contributed by atoms with van der Waals surface area (Å²) in [4.78, 5) is 38.3. The first-order chi connectivity index (χ1) is 13.5. The van der Waals surface area contributed by atoms with Crippen LogP contribution in [0.25, 0.3) is 10.8 Å². The van der Waals surface area contributed by atoms with Gasteiger partial charge < -0.3 is 5.32 Å². The topological polar surface area (TPSA) is 66.5 Å². The van der Waals surface area contributed by atoms with Crippen molar-refractivity contribution in [2.75, 3.05) is 13.1 Å². The van der Waals surface area contributed by atoms with Gasteiger partial charge in [-0.2, -0.15) is 0 Å². The van der Waals surface area contributed by atoms with Gasteiger partial charge in [0.2, 0.25) is 0 Å². The molecular formula is C21H14F2N2O3. The number of carbonyl (C=O) groups is 3. The monoisotopic (exact) mass is 380 g/mol. The van der Waals surface area contributed by atoms with Crippen LogP contribution in [0.15, 0.2) is 54.6 Å². The van der Waals surface area contributed by atoms with E-state index in [2.05, 4.69) is 5.32 Å². The second kappa shape index (κ2) is 6.84. The van der Waals surface area contributed by atoms with Crippen molar-refractivity contribution in [1.29, 1.82) is 0 Å². The number of nitrogens with zero attached hydrogens (tertiary/aromatic N) is 1. The van der Waals surface area contributed by atoms with E-state index in [1.54, 1.807) is 12.1 Å². The molecule has 0 atom stereocenters. The average Bonchev–Trinajstić information content (AvgIpc) is 2.92. The highest BCUT2D eigenvalue weighted by Crippen LogP contribution is 2.27. The summed E-state index contributed by atoms with van der Waals surface area (Å²) in [6.07, 6.45) is 0. The number of fused-ring (bicyclic) bond motifs is 2. The Morgan fingerprint density at radius 2 is 1.46 bits per heavy atom. The summed E-state index contributed by atoms with van der Waals surface area (Å²) in [6, 6.07) is 13.6. The number of imide groups is 1. The van der Waals surface area contributed by atoms with Crippen LogP contribution in [0.5, 0.6) is 0 Å². The molecule has 1 aliphatic heterocycles. The number of carbonyl (C=O) groups excluding carboxylic acids is 3. The standard InChI is InChI=1S/C21H14F2N2O3/c22-17-6-5-14(11-18(17)23)19(26)24-7-8-25-20(27)15-9-12-3-1-2-4-13(12)10-16(15)21(25)28/h1-6,9-11H,7-8H2,(H,24,26). The summed E-state index contributed by atoms with van der Waals surface area (Å²) in [5.74, 6) is -3.64. The molecular weight excluding hydrogens is 366 g/mol. The molecule has 0 saturated heterocycles. The fourth-order valence-electron chi connectivity index (χ4n) is 3.20. The zero-order chi connectivity index (χ0) is 19.8. The minimum atomic E-state index is -1.12. The smallest absolute Gasteiger partial charge is 0.261 e. The normalized spacial score (nSPS) is 13.1. The molecule has 1 aliphatic rings.